The second-order valence-corrected chi connectivity index (χ2v) is 10.5. The van der Waals surface area contributed by atoms with Crippen molar-refractivity contribution in [3.05, 3.63) is 29.3 Å². The van der Waals surface area contributed by atoms with Crippen molar-refractivity contribution in [3.63, 3.8) is 0 Å². The van der Waals surface area contributed by atoms with Crippen LogP contribution in [0.15, 0.2) is 23.1 Å². The Morgan fingerprint density at radius 2 is 1.74 bits per heavy atom. The van der Waals surface area contributed by atoms with Gasteiger partial charge < -0.3 is 4.90 Å². The number of aryl methyl sites for hydroxylation is 1. The molecule has 0 saturated carbocycles. The van der Waals surface area contributed by atoms with E-state index in [0.29, 0.717) is 23.9 Å². The zero-order chi connectivity index (χ0) is 19.8. The third kappa shape index (κ3) is 4.21. The van der Waals surface area contributed by atoms with Crippen molar-refractivity contribution >= 4 is 15.9 Å². The van der Waals surface area contributed by atoms with Gasteiger partial charge in [-0.3, -0.25) is 4.79 Å². The number of sulfonamides is 1. The number of hydrogen-bond acceptors (Lipinski definition) is 3. The molecule has 0 aromatic heterocycles. The molecule has 1 aromatic carbocycles. The molecule has 3 atom stereocenters. The van der Waals surface area contributed by atoms with Crippen molar-refractivity contribution < 1.29 is 13.2 Å². The maximum atomic E-state index is 13.2. The van der Waals surface area contributed by atoms with Crippen LogP contribution in [0.2, 0.25) is 0 Å². The SMILES string of the molecule is Cc1ccc(S(=O)(=O)N2CCCCC2C)cc1C(=O)N1CC(C)CC(C)C1. The van der Waals surface area contributed by atoms with E-state index >= 15 is 0 Å². The largest absolute Gasteiger partial charge is 0.338 e. The predicted octanol–water partition coefficient (Wildman–Crippen LogP) is 3.68. The van der Waals surface area contributed by atoms with Crippen LogP contribution in [0.5, 0.6) is 0 Å². The summed E-state index contributed by atoms with van der Waals surface area (Å²) in [6.45, 7) is 10.2. The van der Waals surface area contributed by atoms with E-state index in [1.807, 2.05) is 18.7 Å². The van der Waals surface area contributed by atoms with Crippen LogP contribution in [0.3, 0.4) is 0 Å². The molecule has 2 saturated heterocycles. The predicted molar refractivity (Wildman–Crippen MR) is 107 cm³/mol. The highest BCUT2D eigenvalue weighted by molar-refractivity contribution is 7.89. The molecule has 0 bridgehead atoms. The van der Waals surface area contributed by atoms with E-state index in [0.717, 1.165) is 44.3 Å². The highest BCUT2D eigenvalue weighted by Gasteiger charge is 2.32. The summed E-state index contributed by atoms with van der Waals surface area (Å²) in [5.41, 5.74) is 1.35. The van der Waals surface area contributed by atoms with Crippen LogP contribution in [-0.4, -0.2) is 49.2 Å². The maximum Gasteiger partial charge on any atom is 0.254 e. The highest BCUT2D eigenvalue weighted by Crippen LogP contribution is 2.28. The number of likely N-dealkylation sites (tertiary alicyclic amines) is 1. The summed E-state index contributed by atoms with van der Waals surface area (Å²) in [4.78, 5) is 15.3. The number of rotatable bonds is 3. The van der Waals surface area contributed by atoms with E-state index in [9.17, 15) is 13.2 Å². The molecule has 0 aliphatic carbocycles. The number of nitrogens with zero attached hydrogens (tertiary/aromatic N) is 2. The van der Waals surface area contributed by atoms with E-state index in [1.165, 1.54) is 0 Å². The minimum atomic E-state index is -3.57. The van der Waals surface area contributed by atoms with Gasteiger partial charge in [-0.1, -0.05) is 26.3 Å². The van der Waals surface area contributed by atoms with E-state index in [2.05, 4.69) is 13.8 Å². The first kappa shape index (κ1) is 20.3. The van der Waals surface area contributed by atoms with E-state index in [4.69, 9.17) is 0 Å². The van der Waals surface area contributed by atoms with Crippen LogP contribution in [0.4, 0.5) is 0 Å². The Balaban J connectivity index is 1.91. The van der Waals surface area contributed by atoms with Gasteiger partial charge in [0.05, 0.1) is 4.90 Å². The van der Waals surface area contributed by atoms with Gasteiger partial charge in [0.25, 0.3) is 5.91 Å². The molecule has 2 heterocycles. The third-order valence-electron chi connectivity index (χ3n) is 5.94. The molecule has 2 fully saturated rings. The molecule has 0 spiro atoms. The molecular weight excluding hydrogens is 360 g/mol. The molecule has 0 radical (unpaired) electrons. The van der Waals surface area contributed by atoms with E-state index in [1.54, 1.807) is 22.5 Å². The van der Waals surface area contributed by atoms with Crippen molar-refractivity contribution in [1.29, 1.82) is 0 Å². The van der Waals surface area contributed by atoms with Gasteiger partial charge in [-0.25, -0.2) is 8.42 Å². The Morgan fingerprint density at radius 3 is 2.37 bits per heavy atom. The lowest BCUT2D eigenvalue weighted by Gasteiger charge is -2.35. The lowest BCUT2D eigenvalue weighted by Crippen LogP contribution is -2.43. The van der Waals surface area contributed by atoms with Crippen LogP contribution in [0.25, 0.3) is 0 Å². The molecule has 2 aliphatic heterocycles. The van der Waals surface area contributed by atoms with Crippen LogP contribution in [0, 0.1) is 18.8 Å². The standard InChI is InChI=1S/C21H32N2O3S/c1-15-11-16(2)14-22(13-15)21(24)20-12-19(9-8-17(20)3)27(25,26)23-10-6-5-7-18(23)4/h8-9,12,15-16,18H,5-7,10-11,13-14H2,1-4H3. The van der Waals surface area contributed by atoms with Crippen LogP contribution in [0.1, 0.15) is 62.4 Å². The average molecular weight is 393 g/mol. The lowest BCUT2D eigenvalue weighted by molar-refractivity contribution is 0.0622. The van der Waals surface area contributed by atoms with Gasteiger partial charge in [0.15, 0.2) is 0 Å². The summed E-state index contributed by atoms with van der Waals surface area (Å²) in [7, 11) is -3.57. The van der Waals surface area contributed by atoms with Crippen LogP contribution < -0.4 is 0 Å². The smallest absolute Gasteiger partial charge is 0.254 e. The molecule has 6 heteroatoms. The molecular formula is C21H32N2O3S. The summed E-state index contributed by atoms with van der Waals surface area (Å²) in [5.74, 6) is 0.896. The molecule has 3 unspecified atom stereocenters. The molecule has 27 heavy (non-hydrogen) atoms. The zero-order valence-electron chi connectivity index (χ0n) is 16.9. The van der Waals surface area contributed by atoms with Gasteiger partial charge in [0, 0.05) is 31.2 Å². The first-order chi connectivity index (χ1) is 12.7. The van der Waals surface area contributed by atoms with Crippen molar-refractivity contribution in [3.8, 4) is 0 Å². The first-order valence-corrected chi connectivity index (χ1v) is 11.6. The summed E-state index contributed by atoms with van der Waals surface area (Å²) in [6.07, 6.45) is 3.98. The summed E-state index contributed by atoms with van der Waals surface area (Å²) >= 11 is 0. The van der Waals surface area contributed by atoms with Crippen molar-refractivity contribution in [2.24, 2.45) is 11.8 Å². The zero-order valence-corrected chi connectivity index (χ0v) is 17.8. The van der Waals surface area contributed by atoms with Crippen molar-refractivity contribution in [1.82, 2.24) is 9.21 Å². The second kappa shape index (κ2) is 7.92. The lowest BCUT2D eigenvalue weighted by atomic mass is 9.91. The Hall–Kier alpha value is -1.40. The van der Waals surface area contributed by atoms with E-state index < -0.39 is 10.0 Å². The Kier molecular flexibility index (Phi) is 5.96. The van der Waals surface area contributed by atoms with Gasteiger partial charge in [-0.05, 0) is 62.6 Å². The first-order valence-electron chi connectivity index (χ1n) is 10.1. The summed E-state index contributed by atoms with van der Waals surface area (Å²) in [5, 5.41) is 0. The maximum absolute atomic E-state index is 13.2. The fourth-order valence-corrected chi connectivity index (χ4v) is 6.28. The highest BCUT2D eigenvalue weighted by atomic mass is 32.2. The van der Waals surface area contributed by atoms with E-state index in [-0.39, 0.29) is 16.8 Å². The monoisotopic (exact) mass is 392 g/mol. The minimum Gasteiger partial charge on any atom is -0.338 e. The number of amides is 1. The molecule has 3 rings (SSSR count). The third-order valence-corrected chi connectivity index (χ3v) is 7.95. The number of piperidine rings is 2. The average Bonchev–Trinajstić information content (AvgIpc) is 2.60. The topological polar surface area (TPSA) is 57.7 Å². The number of benzene rings is 1. The Labute approximate surface area is 163 Å². The fourth-order valence-electron chi connectivity index (χ4n) is 4.56. The number of carbonyl (C=O) groups excluding carboxylic acids is 1. The van der Waals surface area contributed by atoms with Gasteiger partial charge in [-0.2, -0.15) is 4.31 Å². The van der Waals surface area contributed by atoms with Gasteiger partial charge in [0.2, 0.25) is 10.0 Å². The quantitative estimate of drug-likeness (QED) is 0.788. The second-order valence-electron chi connectivity index (χ2n) is 8.59. The molecule has 150 valence electrons. The molecule has 5 nitrogen and oxygen atoms in total. The van der Waals surface area contributed by atoms with Crippen molar-refractivity contribution in [2.45, 2.75) is 64.3 Å². The number of carbonyl (C=O) groups is 1. The van der Waals surface area contributed by atoms with Crippen molar-refractivity contribution in [2.75, 3.05) is 19.6 Å². The summed E-state index contributed by atoms with van der Waals surface area (Å²) < 4.78 is 27.9. The Bertz CT molecular complexity index is 796. The fraction of sp³-hybridized carbons (Fsp3) is 0.667. The van der Waals surface area contributed by atoms with Gasteiger partial charge >= 0.3 is 0 Å². The molecule has 1 amide bonds. The molecule has 1 aromatic rings. The Morgan fingerprint density at radius 1 is 1.07 bits per heavy atom. The normalized spacial score (nSPS) is 27.6. The molecule has 2 aliphatic rings. The van der Waals surface area contributed by atoms with Gasteiger partial charge in [-0.15, -0.1) is 0 Å². The van der Waals surface area contributed by atoms with Crippen LogP contribution >= 0.6 is 0 Å². The van der Waals surface area contributed by atoms with Gasteiger partial charge in [0.1, 0.15) is 0 Å². The minimum absolute atomic E-state index is 0.00741. The summed E-state index contributed by atoms with van der Waals surface area (Å²) in [6, 6.07) is 5.02. The molecule has 0 N–H and O–H groups in total. The van der Waals surface area contributed by atoms with Crippen LogP contribution in [-0.2, 0) is 10.0 Å². The number of hydrogen-bond donors (Lipinski definition) is 0.